The molecule has 0 fully saturated rings. The van der Waals surface area contributed by atoms with Crippen LogP contribution in [0, 0.1) is 5.41 Å². The van der Waals surface area contributed by atoms with Crippen LogP contribution in [0.15, 0.2) is 12.1 Å². The van der Waals surface area contributed by atoms with Crippen LogP contribution >= 0.6 is 11.6 Å². The van der Waals surface area contributed by atoms with Crippen molar-refractivity contribution in [3.63, 3.8) is 0 Å². The summed E-state index contributed by atoms with van der Waals surface area (Å²) in [4.78, 5) is 0. The van der Waals surface area contributed by atoms with Crippen LogP contribution in [0.1, 0.15) is 45.7 Å². The van der Waals surface area contributed by atoms with Gasteiger partial charge in [0.05, 0.1) is 14.2 Å². The fourth-order valence-electron chi connectivity index (χ4n) is 2.32. The Labute approximate surface area is 127 Å². The molecule has 1 N–H and O–H groups in total. The Hall–Kier alpha value is -0.930. The van der Waals surface area contributed by atoms with Crippen LogP contribution in [0.2, 0.25) is 5.02 Å². The van der Waals surface area contributed by atoms with E-state index in [1.165, 1.54) is 0 Å². The first-order chi connectivity index (χ1) is 9.36. The molecule has 0 heterocycles. The molecule has 3 nitrogen and oxygen atoms in total. The number of benzene rings is 1. The summed E-state index contributed by atoms with van der Waals surface area (Å²) in [6.45, 7) is 9.73. The average Bonchev–Trinajstić information content (AvgIpc) is 2.38. The van der Waals surface area contributed by atoms with Crippen molar-refractivity contribution in [1.82, 2.24) is 5.32 Å². The topological polar surface area (TPSA) is 30.5 Å². The Balaban J connectivity index is 3.29. The predicted octanol–water partition coefficient (Wildman–Crippen LogP) is 4.44. The molecule has 0 saturated carbocycles. The molecule has 1 atom stereocenters. The van der Waals surface area contributed by atoms with E-state index in [0.717, 1.165) is 18.5 Å². The van der Waals surface area contributed by atoms with E-state index in [2.05, 4.69) is 33.0 Å². The third-order valence-electron chi connectivity index (χ3n) is 3.29. The molecule has 0 bridgehead atoms. The van der Waals surface area contributed by atoms with Crippen LogP contribution < -0.4 is 14.8 Å². The Kier molecular flexibility index (Phi) is 6.15. The molecule has 20 heavy (non-hydrogen) atoms. The normalized spacial score (nSPS) is 13.2. The van der Waals surface area contributed by atoms with Crippen molar-refractivity contribution >= 4 is 11.6 Å². The van der Waals surface area contributed by atoms with Gasteiger partial charge in [0.1, 0.15) is 16.5 Å². The van der Waals surface area contributed by atoms with E-state index in [0.29, 0.717) is 16.5 Å². The van der Waals surface area contributed by atoms with Crippen LogP contribution in [0.4, 0.5) is 0 Å². The maximum atomic E-state index is 6.36. The van der Waals surface area contributed by atoms with Gasteiger partial charge in [-0.2, -0.15) is 0 Å². The molecule has 0 radical (unpaired) electrons. The van der Waals surface area contributed by atoms with E-state index in [9.17, 15) is 0 Å². The van der Waals surface area contributed by atoms with Gasteiger partial charge in [-0.05, 0) is 30.5 Å². The second-order valence-corrected chi connectivity index (χ2v) is 6.34. The van der Waals surface area contributed by atoms with Crippen molar-refractivity contribution in [1.29, 1.82) is 0 Å². The van der Waals surface area contributed by atoms with Crippen LogP contribution in [0.5, 0.6) is 11.5 Å². The van der Waals surface area contributed by atoms with Crippen molar-refractivity contribution in [2.24, 2.45) is 5.41 Å². The van der Waals surface area contributed by atoms with Crippen molar-refractivity contribution in [3.05, 3.63) is 22.7 Å². The maximum Gasteiger partial charge on any atom is 0.146 e. The molecule has 1 rings (SSSR count). The van der Waals surface area contributed by atoms with Gasteiger partial charge in [0.15, 0.2) is 0 Å². The van der Waals surface area contributed by atoms with Crippen molar-refractivity contribution < 1.29 is 9.47 Å². The summed E-state index contributed by atoms with van der Waals surface area (Å²) in [5.74, 6) is 1.32. The zero-order chi connectivity index (χ0) is 15.3. The Bertz CT molecular complexity index is 441. The summed E-state index contributed by atoms with van der Waals surface area (Å²) < 4.78 is 10.8. The van der Waals surface area contributed by atoms with Gasteiger partial charge >= 0.3 is 0 Å². The van der Waals surface area contributed by atoms with Gasteiger partial charge in [-0.25, -0.2) is 0 Å². The zero-order valence-electron chi connectivity index (χ0n) is 13.3. The molecule has 0 amide bonds. The van der Waals surface area contributed by atoms with Gasteiger partial charge in [0.25, 0.3) is 0 Å². The minimum Gasteiger partial charge on any atom is -0.495 e. The molecule has 0 aliphatic rings. The summed E-state index contributed by atoms with van der Waals surface area (Å²) in [5, 5.41) is 4.11. The zero-order valence-corrected chi connectivity index (χ0v) is 14.1. The SMILES string of the molecule is CCCNC(c1ccc(OC)c(Cl)c1OC)C(C)(C)C. The highest BCUT2D eigenvalue weighted by Gasteiger charge is 2.29. The van der Waals surface area contributed by atoms with Gasteiger partial charge in [-0.1, -0.05) is 39.3 Å². The molecule has 114 valence electrons. The number of ether oxygens (including phenoxy) is 2. The highest BCUT2D eigenvalue weighted by Crippen LogP contribution is 2.44. The van der Waals surface area contributed by atoms with Gasteiger partial charge in [0.2, 0.25) is 0 Å². The van der Waals surface area contributed by atoms with E-state index < -0.39 is 0 Å². The van der Waals surface area contributed by atoms with Gasteiger partial charge < -0.3 is 14.8 Å². The highest BCUT2D eigenvalue weighted by atomic mass is 35.5. The van der Waals surface area contributed by atoms with Crippen molar-refractivity contribution in [2.45, 2.75) is 40.2 Å². The lowest BCUT2D eigenvalue weighted by Crippen LogP contribution is -2.33. The highest BCUT2D eigenvalue weighted by molar-refractivity contribution is 6.33. The van der Waals surface area contributed by atoms with Gasteiger partial charge in [-0.3, -0.25) is 0 Å². The number of nitrogens with one attached hydrogen (secondary N) is 1. The van der Waals surface area contributed by atoms with Crippen LogP contribution in [-0.4, -0.2) is 20.8 Å². The van der Waals surface area contributed by atoms with Crippen LogP contribution in [0.25, 0.3) is 0 Å². The van der Waals surface area contributed by atoms with E-state index in [-0.39, 0.29) is 11.5 Å². The largest absolute Gasteiger partial charge is 0.495 e. The molecule has 0 aliphatic heterocycles. The molecular formula is C16H26ClNO2. The van der Waals surface area contributed by atoms with E-state index in [4.69, 9.17) is 21.1 Å². The lowest BCUT2D eigenvalue weighted by Gasteiger charge is -2.33. The molecule has 0 aliphatic carbocycles. The molecule has 0 saturated heterocycles. The first kappa shape index (κ1) is 17.1. The summed E-state index contributed by atoms with van der Waals surface area (Å²) in [7, 11) is 3.25. The van der Waals surface area contributed by atoms with Gasteiger partial charge in [-0.15, -0.1) is 0 Å². The Morgan fingerprint density at radius 1 is 1.20 bits per heavy atom. The lowest BCUT2D eigenvalue weighted by molar-refractivity contribution is 0.264. The van der Waals surface area contributed by atoms with Crippen LogP contribution in [0.3, 0.4) is 0 Å². The van der Waals surface area contributed by atoms with Crippen LogP contribution in [-0.2, 0) is 0 Å². The number of hydrogen-bond acceptors (Lipinski definition) is 3. The predicted molar refractivity (Wildman–Crippen MR) is 85.0 cm³/mol. The Morgan fingerprint density at radius 3 is 2.30 bits per heavy atom. The molecule has 1 aromatic rings. The molecule has 4 heteroatoms. The summed E-state index contributed by atoms with van der Waals surface area (Å²) in [5.41, 5.74) is 1.12. The third kappa shape index (κ3) is 3.80. The van der Waals surface area contributed by atoms with E-state index in [1.807, 2.05) is 12.1 Å². The number of hydrogen-bond donors (Lipinski definition) is 1. The number of methoxy groups -OCH3 is 2. The summed E-state index contributed by atoms with van der Waals surface area (Å²) >= 11 is 6.36. The quantitative estimate of drug-likeness (QED) is 0.842. The Morgan fingerprint density at radius 2 is 1.85 bits per heavy atom. The number of rotatable bonds is 6. The maximum absolute atomic E-state index is 6.36. The van der Waals surface area contributed by atoms with Crippen molar-refractivity contribution in [3.8, 4) is 11.5 Å². The first-order valence-electron chi connectivity index (χ1n) is 7.00. The first-order valence-corrected chi connectivity index (χ1v) is 7.38. The fourth-order valence-corrected chi connectivity index (χ4v) is 2.64. The second kappa shape index (κ2) is 7.19. The second-order valence-electron chi connectivity index (χ2n) is 5.96. The molecule has 0 aromatic heterocycles. The molecule has 1 aromatic carbocycles. The summed E-state index contributed by atoms with van der Waals surface area (Å²) in [6, 6.07) is 4.09. The molecular weight excluding hydrogens is 274 g/mol. The lowest BCUT2D eigenvalue weighted by atomic mass is 9.82. The minimum atomic E-state index is 0.0559. The van der Waals surface area contributed by atoms with E-state index in [1.54, 1.807) is 14.2 Å². The van der Waals surface area contributed by atoms with E-state index >= 15 is 0 Å². The third-order valence-corrected chi connectivity index (χ3v) is 3.65. The molecule has 0 spiro atoms. The molecule has 1 unspecified atom stereocenters. The summed E-state index contributed by atoms with van der Waals surface area (Å²) in [6.07, 6.45) is 1.08. The number of halogens is 1. The fraction of sp³-hybridized carbons (Fsp3) is 0.625. The smallest absolute Gasteiger partial charge is 0.146 e. The monoisotopic (exact) mass is 299 g/mol. The van der Waals surface area contributed by atoms with Crippen molar-refractivity contribution in [2.75, 3.05) is 20.8 Å². The van der Waals surface area contributed by atoms with Gasteiger partial charge in [0, 0.05) is 11.6 Å². The average molecular weight is 300 g/mol. The minimum absolute atomic E-state index is 0.0559. The standard InChI is InChI=1S/C16H26ClNO2/c1-7-10-18-15(16(2,3)4)11-8-9-12(19-5)13(17)14(11)20-6/h8-9,15,18H,7,10H2,1-6H3.